The normalized spacial score (nSPS) is 11.9. The summed E-state index contributed by atoms with van der Waals surface area (Å²) in [4.78, 5) is 60.5. The summed E-state index contributed by atoms with van der Waals surface area (Å²) in [7, 11) is 1.26. The van der Waals surface area contributed by atoms with E-state index in [4.69, 9.17) is 5.53 Å². The van der Waals surface area contributed by atoms with Gasteiger partial charge in [0.2, 0.25) is 17.6 Å². The number of esters is 1. The minimum Gasteiger partial charge on any atom is -0.469 e. The molecule has 0 heterocycles. The number of nitrogens with one attached hydrogen (secondary N) is 2. The molecule has 1 aromatic carbocycles. The maximum atomic E-state index is 12.3. The zero-order valence-electron chi connectivity index (χ0n) is 18.8. The standard InChI is InChI=1S/C22H29N5O6/c1-15(24-19(29)12-13-21(31)33-2)8-9-17(14-16-6-4-3-5-7-16)25-20(30)11-10-18(28)22(32)26-27-23/h3-7,15,17H,8-14H2,1-2H3,(H,24,29)(H,25,30). The molecule has 0 saturated carbocycles. The maximum absolute atomic E-state index is 12.3. The minimum atomic E-state index is -1.22. The van der Waals surface area contributed by atoms with Crippen LogP contribution in [-0.4, -0.2) is 48.7 Å². The molecule has 0 aromatic heterocycles. The number of ether oxygens (including phenoxy) is 1. The van der Waals surface area contributed by atoms with Gasteiger partial charge in [-0.3, -0.25) is 24.0 Å². The van der Waals surface area contributed by atoms with Crippen LogP contribution in [0.2, 0.25) is 0 Å². The van der Waals surface area contributed by atoms with Crippen LogP contribution >= 0.6 is 0 Å². The van der Waals surface area contributed by atoms with Gasteiger partial charge in [0, 0.05) is 36.3 Å². The summed E-state index contributed by atoms with van der Waals surface area (Å²) in [5, 5.41) is 8.40. The molecule has 2 unspecified atom stereocenters. The van der Waals surface area contributed by atoms with E-state index in [-0.39, 0.29) is 43.7 Å². The van der Waals surface area contributed by atoms with Gasteiger partial charge in [-0.1, -0.05) is 30.3 Å². The Morgan fingerprint density at radius 2 is 1.61 bits per heavy atom. The Hall–Kier alpha value is -3.72. The highest BCUT2D eigenvalue weighted by atomic mass is 16.5. The second-order valence-electron chi connectivity index (χ2n) is 7.49. The van der Waals surface area contributed by atoms with Crippen LogP contribution in [0.1, 0.15) is 51.0 Å². The first kappa shape index (κ1) is 27.3. The van der Waals surface area contributed by atoms with E-state index in [1.54, 1.807) is 0 Å². The van der Waals surface area contributed by atoms with Gasteiger partial charge in [0.15, 0.2) is 0 Å². The Kier molecular flexibility index (Phi) is 12.5. The van der Waals surface area contributed by atoms with E-state index in [9.17, 15) is 24.0 Å². The third-order valence-electron chi connectivity index (χ3n) is 4.78. The maximum Gasteiger partial charge on any atom is 0.306 e. The fourth-order valence-corrected chi connectivity index (χ4v) is 3.04. The molecule has 33 heavy (non-hydrogen) atoms. The van der Waals surface area contributed by atoms with Crippen molar-refractivity contribution in [2.45, 2.75) is 64.0 Å². The second-order valence-corrected chi connectivity index (χ2v) is 7.49. The predicted molar refractivity (Wildman–Crippen MR) is 119 cm³/mol. The van der Waals surface area contributed by atoms with E-state index in [0.717, 1.165) is 5.56 Å². The van der Waals surface area contributed by atoms with Crippen molar-refractivity contribution in [3.63, 3.8) is 0 Å². The number of ketones is 1. The zero-order valence-corrected chi connectivity index (χ0v) is 18.8. The highest BCUT2D eigenvalue weighted by Gasteiger charge is 2.18. The lowest BCUT2D eigenvalue weighted by atomic mass is 9.99. The number of azide groups is 1. The Bertz CT molecular complexity index is 883. The van der Waals surface area contributed by atoms with Crippen LogP contribution in [-0.2, 0) is 35.1 Å². The molecule has 0 spiro atoms. The van der Waals surface area contributed by atoms with Crippen LogP contribution < -0.4 is 10.6 Å². The summed E-state index contributed by atoms with van der Waals surface area (Å²) >= 11 is 0. The first-order chi connectivity index (χ1) is 15.7. The van der Waals surface area contributed by atoms with Gasteiger partial charge in [0.25, 0.3) is 5.91 Å². The Balaban J connectivity index is 2.61. The highest BCUT2D eigenvalue weighted by molar-refractivity contribution is 6.36. The molecule has 0 aliphatic carbocycles. The van der Waals surface area contributed by atoms with Gasteiger partial charge in [-0.05, 0) is 42.4 Å². The molecule has 178 valence electrons. The number of nitrogens with zero attached hydrogens (tertiary/aromatic N) is 3. The molecule has 2 N–H and O–H groups in total. The molecular formula is C22H29N5O6. The van der Waals surface area contributed by atoms with Crippen molar-refractivity contribution in [3.8, 4) is 0 Å². The van der Waals surface area contributed by atoms with Gasteiger partial charge in [-0.2, -0.15) is 0 Å². The van der Waals surface area contributed by atoms with Crippen LogP contribution in [0.3, 0.4) is 0 Å². The second kappa shape index (κ2) is 15.1. The minimum absolute atomic E-state index is 0.00262. The molecule has 11 nitrogen and oxygen atoms in total. The molecule has 1 rings (SSSR count). The lowest BCUT2D eigenvalue weighted by molar-refractivity contribution is -0.142. The lowest BCUT2D eigenvalue weighted by Crippen LogP contribution is -2.39. The van der Waals surface area contributed by atoms with Gasteiger partial charge in [-0.25, -0.2) is 0 Å². The molecule has 0 saturated heterocycles. The third kappa shape index (κ3) is 12.0. The molecule has 0 aliphatic rings. The Labute approximate surface area is 191 Å². The average molecular weight is 460 g/mol. The number of amides is 3. The Morgan fingerprint density at radius 3 is 2.24 bits per heavy atom. The number of Topliss-reactive ketones (excluding diaryl/α,β-unsaturated/α-hetero) is 1. The fraction of sp³-hybridized carbons (Fsp3) is 0.500. The van der Waals surface area contributed by atoms with Gasteiger partial charge in [-0.15, -0.1) is 0 Å². The van der Waals surface area contributed by atoms with Gasteiger partial charge < -0.3 is 15.4 Å². The number of hydrogen-bond acceptors (Lipinski definition) is 6. The Morgan fingerprint density at radius 1 is 0.970 bits per heavy atom. The molecule has 1 aromatic rings. The fourth-order valence-electron chi connectivity index (χ4n) is 3.04. The molecule has 0 fully saturated rings. The molecular weight excluding hydrogens is 430 g/mol. The summed E-state index contributed by atoms with van der Waals surface area (Å²) in [5.74, 6) is -3.27. The quantitative estimate of drug-likeness (QED) is 0.142. The summed E-state index contributed by atoms with van der Waals surface area (Å²) in [6, 6.07) is 9.07. The highest BCUT2D eigenvalue weighted by Crippen LogP contribution is 2.10. The number of methoxy groups -OCH3 is 1. The van der Waals surface area contributed by atoms with Crippen molar-refractivity contribution in [2.24, 2.45) is 5.11 Å². The van der Waals surface area contributed by atoms with Crippen molar-refractivity contribution in [2.75, 3.05) is 7.11 Å². The smallest absolute Gasteiger partial charge is 0.306 e. The van der Waals surface area contributed by atoms with Gasteiger partial charge >= 0.3 is 5.97 Å². The van der Waals surface area contributed by atoms with Crippen molar-refractivity contribution >= 4 is 29.5 Å². The van der Waals surface area contributed by atoms with Crippen molar-refractivity contribution in [3.05, 3.63) is 46.3 Å². The largest absolute Gasteiger partial charge is 0.469 e. The van der Waals surface area contributed by atoms with Crippen LogP contribution in [0, 0.1) is 0 Å². The SMILES string of the molecule is COC(=O)CCC(=O)NC(C)CCC(Cc1ccccc1)NC(=O)CCC(=O)C(=O)N=[N+]=[N-]. The number of carbonyl (C=O) groups is 5. The van der Waals surface area contributed by atoms with Gasteiger partial charge in [0.05, 0.1) is 13.5 Å². The molecule has 3 amide bonds. The average Bonchev–Trinajstić information content (AvgIpc) is 2.80. The number of rotatable bonds is 14. The molecule has 0 aliphatic heterocycles. The van der Waals surface area contributed by atoms with Crippen LogP contribution in [0.25, 0.3) is 10.4 Å². The van der Waals surface area contributed by atoms with Crippen molar-refractivity contribution in [1.82, 2.24) is 10.6 Å². The first-order valence-electron chi connectivity index (χ1n) is 10.6. The zero-order chi connectivity index (χ0) is 24.6. The summed E-state index contributed by atoms with van der Waals surface area (Å²) in [6.45, 7) is 1.83. The van der Waals surface area contributed by atoms with Crippen LogP contribution in [0.15, 0.2) is 35.4 Å². The number of benzene rings is 1. The van der Waals surface area contributed by atoms with Crippen LogP contribution in [0.5, 0.6) is 0 Å². The van der Waals surface area contributed by atoms with Crippen molar-refractivity contribution < 1.29 is 28.7 Å². The number of hydrogen-bond donors (Lipinski definition) is 2. The first-order valence-corrected chi connectivity index (χ1v) is 10.6. The molecule has 0 radical (unpaired) electrons. The van der Waals surface area contributed by atoms with E-state index in [1.807, 2.05) is 37.3 Å². The topological polar surface area (TPSA) is 167 Å². The third-order valence-corrected chi connectivity index (χ3v) is 4.78. The monoisotopic (exact) mass is 459 g/mol. The van der Waals surface area contributed by atoms with E-state index < -0.39 is 23.6 Å². The van der Waals surface area contributed by atoms with Crippen molar-refractivity contribution in [1.29, 1.82) is 0 Å². The van der Waals surface area contributed by atoms with E-state index in [2.05, 4.69) is 25.4 Å². The van der Waals surface area contributed by atoms with E-state index in [1.165, 1.54) is 7.11 Å². The molecule has 11 heteroatoms. The van der Waals surface area contributed by atoms with E-state index >= 15 is 0 Å². The number of carbonyl (C=O) groups excluding carboxylic acids is 5. The van der Waals surface area contributed by atoms with Gasteiger partial charge in [0.1, 0.15) is 0 Å². The van der Waals surface area contributed by atoms with E-state index in [0.29, 0.717) is 19.3 Å². The molecule has 0 bridgehead atoms. The van der Waals surface area contributed by atoms with Crippen LogP contribution in [0.4, 0.5) is 0 Å². The summed E-state index contributed by atoms with van der Waals surface area (Å²) in [5.41, 5.74) is 9.21. The summed E-state index contributed by atoms with van der Waals surface area (Å²) < 4.78 is 4.52. The molecule has 2 atom stereocenters. The predicted octanol–water partition coefficient (Wildman–Crippen LogP) is 2.14. The lowest BCUT2D eigenvalue weighted by Gasteiger charge is -2.21. The summed E-state index contributed by atoms with van der Waals surface area (Å²) in [6.07, 6.45) is 1.12.